The Morgan fingerprint density at radius 3 is 0.743 bits per heavy atom. The van der Waals surface area contributed by atoms with Crippen LogP contribution in [0, 0.1) is 12.3 Å². The molecule has 0 aliphatic carbocycles. The van der Waals surface area contributed by atoms with Gasteiger partial charge < -0.3 is 28.7 Å². The van der Waals surface area contributed by atoms with E-state index in [-0.39, 0.29) is 25.7 Å². The number of ether oxygens (including phenoxy) is 4. The van der Waals surface area contributed by atoms with E-state index in [2.05, 4.69) is 36.9 Å². The summed E-state index contributed by atoms with van der Waals surface area (Å²) in [4.78, 5) is 73.6. The minimum absolute atomic E-state index is 0.117. The van der Waals surface area contributed by atoms with Gasteiger partial charge in [-0.1, -0.05) is 361 Å². The zero-order valence-corrected chi connectivity index (χ0v) is 66.7. The fraction of sp³-hybridized carbons (Fsp3) is 0.926. The molecule has 0 aromatic carbocycles. The van der Waals surface area contributed by atoms with Gasteiger partial charge in [-0.2, -0.15) is 10.2 Å². The summed E-state index contributed by atoms with van der Waals surface area (Å²) in [5.74, 6) is 0.651. The summed E-state index contributed by atoms with van der Waals surface area (Å²) in [5.41, 5.74) is -1.66. The topological polar surface area (TPSA) is 241 Å². The minimum atomic E-state index is -4.93. The molecule has 1 heterocycles. The maximum absolute atomic E-state index is 13.3. The summed E-state index contributed by atoms with van der Waals surface area (Å²) in [6, 6.07) is 0. The third kappa shape index (κ3) is 67.6. The summed E-state index contributed by atoms with van der Waals surface area (Å²) in [5, 5.41) is 7.70. The van der Waals surface area contributed by atoms with E-state index in [1.807, 2.05) is 0 Å². The fourth-order valence-electron chi connectivity index (χ4n) is 12.6. The number of carbonyl (C=O) groups excluding carboxylic acids is 4. The first-order valence-corrected chi connectivity index (χ1v) is 45.0. The molecule has 4 atom stereocenters. The van der Waals surface area contributed by atoms with Crippen LogP contribution in [0.1, 0.15) is 425 Å². The molecule has 592 valence electrons. The van der Waals surface area contributed by atoms with Gasteiger partial charge in [-0.05, 0) is 32.1 Å². The van der Waals surface area contributed by atoms with E-state index in [4.69, 9.17) is 43.5 Å². The normalized spacial score (nSPS) is 14.3. The maximum atomic E-state index is 13.3. The molecule has 1 rings (SSSR count). The zero-order valence-electron chi connectivity index (χ0n) is 64.9. The maximum Gasteiger partial charge on any atom is 0.472 e. The Morgan fingerprint density at radius 2 is 0.525 bits per heavy atom. The largest absolute Gasteiger partial charge is 0.472 e. The van der Waals surface area contributed by atoms with Gasteiger partial charge in [0.1, 0.15) is 26.4 Å². The number of unbranched alkanes of at least 4 members (excludes halogenated alkanes) is 55. The fourth-order valence-corrected chi connectivity index (χ4v) is 14.2. The Bertz CT molecular complexity index is 2110. The molecule has 18 nitrogen and oxygen atoms in total. The Balaban J connectivity index is 2.74. The van der Waals surface area contributed by atoms with Crippen LogP contribution in [0.2, 0.25) is 0 Å². The Hall–Kier alpha value is -2.74. The summed E-state index contributed by atoms with van der Waals surface area (Å²) in [6.07, 6.45) is 72.5. The predicted molar refractivity (Wildman–Crippen MR) is 409 cm³/mol. The van der Waals surface area contributed by atoms with E-state index >= 15 is 0 Å². The molecule has 1 aliphatic rings. The average Bonchev–Trinajstić information content (AvgIpc) is 1.66. The highest BCUT2D eigenvalue weighted by Gasteiger charge is 2.46. The first kappa shape index (κ1) is 96.3. The second kappa shape index (κ2) is 70.3. The van der Waals surface area contributed by atoms with Crippen molar-refractivity contribution in [2.45, 2.75) is 443 Å². The first-order chi connectivity index (χ1) is 49.2. The van der Waals surface area contributed by atoms with Gasteiger partial charge in [0.2, 0.25) is 5.66 Å². The van der Waals surface area contributed by atoms with Gasteiger partial charge in [0.25, 0.3) is 0 Å². The highest BCUT2D eigenvalue weighted by atomic mass is 31.2. The summed E-state index contributed by atoms with van der Waals surface area (Å²) in [6.45, 7) is 3.26. The van der Waals surface area contributed by atoms with Crippen molar-refractivity contribution in [1.29, 1.82) is 0 Å². The molecule has 0 fully saturated rings. The molecular weight excluding hydrogens is 1320 g/mol. The Kier molecular flexibility index (Phi) is 67.0. The van der Waals surface area contributed by atoms with Crippen LogP contribution in [0.3, 0.4) is 0 Å². The monoisotopic (exact) mass is 1470 g/mol. The van der Waals surface area contributed by atoms with Crippen LogP contribution in [0.25, 0.3) is 0 Å². The average molecular weight is 1470 g/mol. The van der Waals surface area contributed by atoms with Crippen molar-refractivity contribution in [3.05, 3.63) is 0 Å². The number of hydrogen-bond acceptors (Lipinski definition) is 16. The number of nitrogens with zero attached hydrogens (tertiary/aromatic N) is 2. The van der Waals surface area contributed by atoms with Crippen molar-refractivity contribution in [2.24, 2.45) is 10.2 Å². The van der Waals surface area contributed by atoms with E-state index in [0.29, 0.717) is 25.7 Å². The van der Waals surface area contributed by atoms with Gasteiger partial charge in [-0.25, -0.2) is 9.13 Å². The standard InChI is InChI=1S/C81H152N2O16P2/c1-5-9-13-17-21-25-29-33-37-41-45-49-53-57-61-65-77(84)92-69-75(98-79(86)67-63-59-55-51-47-43-39-35-31-27-23-19-15-11-7-3)71-94-100(88,89)96-73-81(82-83-81)74-97-101(90,91)95-72-76(99-80(87)68-64-60-56-52-48-44-40-36-32-28-24-20-16-12-8-4)70-93-78(85)66-62-58-54-50-46-42-38-34-30-26-22-18-14-10-6-2/h1,75-76H,6-74H2,2-4H3,(H,88,89)(H,90,91)/t75-,76-/m1/s1. The van der Waals surface area contributed by atoms with E-state index in [0.717, 1.165) is 96.3 Å². The molecule has 2 N–H and O–H groups in total. The summed E-state index contributed by atoms with van der Waals surface area (Å²) in [7, 11) is -9.85. The molecule has 1 aliphatic heterocycles. The van der Waals surface area contributed by atoms with Crippen LogP contribution in [0.4, 0.5) is 0 Å². The van der Waals surface area contributed by atoms with Crippen LogP contribution in [0.5, 0.6) is 0 Å². The van der Waals surface area contributed by atoms with E-state index in [1.165, 1.54) is 257 Å². The number of phosphoric acid groups is 2. The van der Waals surface area contributed by atoms with Crippen molar-refractivity contribution in [3.8, 4) is 12.3 Å². The lowest BCUT2D eigenvalue weighted by Crippen LogP contribution is -2.30. The van der Waals surface area contributed by atoms with E-state index < -0.39 is 97.0 Å². The number of terminal acetylenes is 1. The lowest BCUT2D eigenvalue weighted by Gasteiger charge is -2.21. The quantitative estimate of drug-likeness (QED) is 0.0189. The molecule has 0 amide bonds. The number of rotatable bonds is 81. The molecule has 0 saturated carbocycles. The van der Waals surface area contributed by atoms with E-state index in [9.17, 15) is 38.1 Å². The second-order valence-corrected chi connectivity index (χ2v) is 32.2. The van der Waals surface area contributed by atoms with Crippen molar-refractivity contribution < 1.29 is 75.1 Å². The smallest absolute Gasteiger partial charge is 0.462 e. The van der Waals surface area contributed by atoms with Crippen LogP contribution in [-0.4, -0.2) is 91.2 Å². The van der Waals surface area contributed by atoms with Gasteiger partial charge in [-0.3, -0.25) is 37.3 Å². The SMILES string of the molecule is C#CCCCCCCCCCCCCCCCC(=O)OC[C@H](COP(=O)(O)OCC1(COP(=O)(O)OC[C@@H](COC(=O)CCCCCCCCCCCCCCCCC)OC(=O)CCCCCCCCCCCCCCCCC)N=N1)OC(=O)CCCCCCCCCCCCCCCCC. The lowest BCUT2D eigenvalue weighted by atomic mass is 10.0. The number of esters is 4. The molecule has 0 bridgehead atoms. The molecule has 0 aromatic rings. The predicted octanol–water partition coefficient (Wildman–Crippen LogP) is 24.6. The van der Waals surface area contributed by atoms with Crippen LogP contribution < -0.4 is 0 Å². The van der Waals surface area contributed by atoms with Crippen LogP contribution in [0.15, 0.2) is 10.2 Å². The van der Waals surface area contributed by atoms with Crippen LogP contribution in [-0.2, 0) is 65.4 Å². The van der Waals surface area contributed by atoms with Crippen LogP contribution >= 0.6 is 15.6 Å². The Morgan fingerprint density at radius 1 is 0.317 bits per heavy atom. The van der Waals surface area contributed by atoms with Gasteiger partial charge in [0, 0.05) is 32.1 Å². The lowest BCUT2D eigenvalue weighted by molar-refractivity contribution is -0.161. The highest BCUT2D eigenvalue weighted by Crippen LogP contribution is 2.49. The number of phosphoric ester groups is 2. The van der Waals surface area contributed by atoms with Crippen molar-refractivity contribution >= 4 is 39.5 Å². The molecule has 0 spiro atoms. The van der Waals surface area contributed by atoms with Gasteiger partial charge in [0.15, 0.2) is 12.2 Å². The number of carbonyl (C=O) groups is 4. The van der Waals surface area contributed by atoms with Gasteiger partial charge in [-0.15, -0.1) is 12.3 Å². The molecule has 20 heteroatoms. The molecule has 2 unspecified atom stereocenters. The third-order valence-electron chi connectivity index (χ3n) is 19.3. The molecular formula is C81H152N2O16P2. The van der Waals surface area contributed by atoms with Gasteiger partial charge in [0.05, 0.1) is 13.2 Å². The Labute approximate surface area is 617 Å². The van der Waals surface area contributed by atoms with Gasteiger partial charge >= 0.3 is 39.5 Å². The second-order valence-electron chi connectivity index (χ2n) is 29.2. The molecule has 101 heavy (non-hydrogen) atoms. The molecule has 0 radical (unpaired) electrons. The zero-order chi connectivity index (χ0) is 73.5. The van der Waals surface area contributed by atoms with Crippen molar-refractivity contribution in [2.75, 3.05) is 39.6 Å². The molecule has 0 saturated heterocycles. The third-order valence-corrected chi connectivity index (χ3v) is 21.1. The first-order valence-electron chi connectivity index (χ1n) is 42.0. The highest BCUT2D eigenvalue weighted by molar-refractivity contribution is 7.47. The summed E-state index contributed by atoms with van der Waals surface area (Å²) < 4.78 is 70.0. The molecule has 0 aromatic heterocycles. The summed E-state index contributed by atoms with van der Waals surface area (Å²) >= 11 is 0. The van der Waals surface area contributed by atoms with Crippen molar-refractivity contribution in [3.63, 3.8) is 0 Å². The van der Waals surface area contributed by atoms with Crippen molar-refractivity contribution in [1.82, 2.24) is 0 Å². The van der Waals surface area contributed by atoms with E-state index in [1.54, 1.807) is 0 Å². The number of hydrogen-bond donors (Lipinski definition) is 2. The minimum Gasteiger partial charge on any atom is -0.462 e.